The van der Waals surface area contributed by atoms with Crippen LogP contribution < -0.4 is 10.5 Å². The zero-order chi connectivity index (χ0) is 14.8. The molecule has 2 aromatic rings. The van der Waals surface area contributed by atoms with Crippen LogP contribution >= 0.6 is 0 Å². The molecule has 0 amide bonds. The topological polar surface area (TPSA) is 85.1 Å². The lowest BCUT2D eigenvalue weighted by molar-refractivity contribution is 0.600. The third-order valence-corrected chi connectivity index (χ3v) is 4.60. The molecule has 1 heterocycles. The van der Waals surface area contributed by atoms with Crippen LogP contribution in [0.4, 0.5) is 5.69 Å². The van der Waals surface area contributed by atoms with E-state index in [0.717, 1.165) is 11.3 Å². The largest absolute Gasteiger partial charge is 0.326 e. The monoisotopic (exact) mass is 291 g/mol. The lowest BCUT2D eigenvalue weighted by atomic mass is 10.1. The Morgan fingerprint density at radius 3 is 2.55 bits per heavy atom. The van der Waals surface area contributed by atoms with Crippen molar-refractivity contribution in [2.24, 2.45) is 5.73 Å². The van der Waals surface area contributed by atoms with E-state index in [2.05, 4.69) is 9.71 Å². The van der Waals surface area contributed by atoms with Crippen LogP contribution in [0.5, 0.6) is 0 Å². The van der Waals surface area contributed by atoms with Gasteiger partial charge in [0.1, 0.15) is 0 Å². The van der Waals surface area contributed by atoms with E-state index >= 15 is 0 Å². The van der Waals surface area contributed by atoms with E-state index in [1.807, 2.05) is 13.0 Å². The van der Waals surface area contributed by atoms with Crippen LogP contribution in [0.2, 0.25) is 0 Å². The van der Waals surface area contributed by atoms with Crippen molar-refractivity contribution in [3.8, 4) is 0 Å². The maximum absolute atomic E-state index is 12.4. The number of benzene rings is 1. The minimum atomic E-state index is -3.64. The van der Waals surface area contributed by atoms with Gasteiger partial charge in [0.05, 0.1) is 16.8 Å². The maximum atomic E-state index is 12.4. The number of nitrogens with one attached hydrogen (secondary N) is 1. The molecule has 106 valence electrons. The van der Waals surface area contributed by atoms with Gasteiger partial charge >= 0.3 is 0 Å². The Morgan fingerprint density at radius 2 is 1.95 bits per heavy atom. The van der Waals surface area contributed by atoms with Crippen molar-refractivity contribution in [3.63, 3.8) is 0 Å². The molecule has 0 radical (unpaired) electrons. The summed E-state index contributed by atoms with van der Waals surface area (Å²) in [7, 11) is -3.64. The average molecular weight is 291 g/mol. The van der Waals surface area contributed by atoms with Crippen molar-refractivity contribution in [2.75, 3.05) is 4.72 Å². The van der Waals surface area contributed by atoms with Gasteiger partial charge in [-0.2, -0.15) is 0 Å². The molecule has 0 aliphatic heterocycles. The number of aromatic nitrogens is 1. The Bertz CT molecular complexity index is 710. The number of nitrogens with zero attached hydrogens (tertiary/aromatic N) is 1. The Kier molecular flexibility index (Phi) is 4.06. The van der Waals surface area contributed by atoms with Gasteiger partial charge in [-0.15, -0.1) is 0 Å². The van der Waals surface area contributed by atoms with Crippen LogP contribution in [0, 0.1) is 13.8 Å². The van der Waals surface area contributed by atoms with E-state index in [9.17, 15) is 8.42 Å². The van der Waals surface area contributed by atoms with Crippen LogP contribution in [0.25, 0.3) is 0 Å². The van der Waals surface area contributed by atoms with Crippen molar-refractivity contribution < 1.29 is 8.42 Å². The second-order valence-electron chi connectivity index (χ2n) is 4.54. The van der Waals surface area contributed by atoms with Gasteiger partial charge in [0.15, 0.2) is 0 Å². The molecule has 0 saturated heterocycles. The molecular formula is C14H17N3O2S. The van der Waals surface area contributed by atoms with Crippen molar-refractivity contribution in [1.82, 2.24) is 4.98 Å². The summed E-state index contributed by atoms with van der Waals surface area (Å²) in [6.45, 7) is 3.90. The highest BCUT2D eigenvalue weighted by Crippen LogP contribution is 2.21. The van der Waals surface area contributed by atoms with Gasteiger partial charge in [0.25, 0.3) is 10.0 Å². The number of hydrogen-bond acceptors (Lipinski definition) is 4. The molecule has 2 rings (SSSR count). The summed E-state index contributed by atoms with van der Waals surface area (Å²) in [6.07, 6.45) is 1.50. The van der Waals surface area contributed by atoms with E-state index in [4.69, 9.17) is 5.73 Å². The first-order valence-corrected chi connectivity index (χ1v) is 7.66. The van der Waals surface area contributed by atoms with E-state index in [-0.39, 0.29) is 4.90 Å². The maximum Gasteiger partial charge on any atom is 0.262 e. The number of rotatable bonds is 4. The van der Waals surface area contributed by atoms with E-state index in [1.54, 1.807) is 31.2 Å². The number of aryl methyl sites for hydroxylation is 1. The normalized spacial score (nSPS) is 11.3. The van der Waals surface area contributed by atoms with Gasteiger partial charge in [0.2, 0.25) is 0 Å². The lowest BCUT2D eigenvalue weighted by Gasteiger charge is -2.12. The molecule has 1 aromatic heterocycles. The van der Waals surface area contributed by atoms with Gasteiger partial charge in [-0.1, -0.05) is 12.1 Å². The molecule has 3 N–H and O–H groups in total. The summed E-state index contributed by atoms with van der Waals surface area (Å²) in [5.41, 5.74) is 8.36. The van der Waals surface area contributed by atoms with Crippen LogP contribution in [0.15, 0.2) is 41.4 Å². The molecule has 0 bridgehead atoms. The summed E-state index contributed by atoms with van der Waals surface area (Å²) in [4.78, 5) is 4.30. The van der Waals surface area contributed by atoms with Crippen molar-refractivity contribution >= 4 is 15.7 Å². The molecule has 5 nitrogen and oxygen atoms in total. The molecule has 20 heavy (non-hydrogen) atoms. The summed E-state index contributed by atoms with van der Waals surface area (Å²) < 4.78 is 27.3. The summed E-state index contributed by atoms with van der Waals surface area (Å²) >= 11 is 0. The fourth-order valence-corrected chi connectivity index (χ4v) is 3.24. The SMILES string of the molecule is Cc1ccc(NS(=O)(=O)c2cccc(CN)c2C)cn1. The van der Waals surface area contributed by atoms with Gasteiger partial charge in [-0.25, -0.2) is 8.42 Å². The molecule has 6 heteroatoms. The Balaban J connectivity index is 2.38. The van der Waals surface area contributed by atoms with Crippen molar-refractivity contribution in [3.05, 3.63) is 53.3 Å². The molecular weight excluding hydrogens is 274 g/mol. The molecule has 0 atom stereocenters. The van der Waals surface area contributed by atoms with Crippen LogP contribution in [0.3, 0.4) is 0 Å². The number of sulfonamides is 1. The zero-order valence-electron chi connectivity index (χ0n) is 11.4. The van der Waals surface area contributed by atoms with Gasteiger partial charge in [-0.05, 0) is 43.2 Å². The predicted octanol–water partition coefficient (Wildman–Crippen LogP) is 1.96. The van der Waals surface area contributed by atoms with Crippen LogP contribution in [-0.2, 0) is 16.6 Å². The van der Waals surface area contributed by atoms with Gasteiger partial charge in [-0.3, -0.25) is 9.71 Å². The van der Waals surface area contributed by atoms with Crippen LogP contribution in [0.1, 0.15) is 16.8 Å². The number of pyridine rings is 1. The highest BCUT2D eigenvalue weighted by atomic mass is 32.2. The minimum absolute atomic E-state index is 0.237. The fraction of sp³-hybridized carbons (Fsp3) is 0.214. The third-order valence-electron chi connectivity index (χ3n) is 3.07. The van der Waals surface area contributed by atoms with Crippen molar-refractivity contribution in [2.45, 2.75) is 25.3 Å². The number of nitrogens with two attached hydrogens (primary N) is 1. The second-order valence-corrected chi connectivity index (χ2v) is 6.19. The minimum Gasteiger partial charge on any atom is -0.326 e. The Morgan fingerprint density at radius 1 is 1.20 bits per heavy atom. The first kappa shape index (κ1) is 14.5. The van der Waals surface area contributed by atoms with Gasteiger partial charge in [0, 0.05) is 12.2 Å². The van der Waals surface area contributed by atoms with E-state index in [0.29, 0.717) is 17.8 Å². The smallest absolute Gasteiger partial charge is 0.262 e. The molecule has 0 saturated carbocycles. The number of hydrogen-bond donors (Lipinski definition) is 2. The first-order valence-electron chi connectivity index (χ1n) is 6.18. The summed E-state index contributed by atoms with van der Waals surface area (Å²) in [5, 5.41) is 0. The highest BCUT2D eigenvalue weighted by molar-refractivity contribution is 7.92. The zero-order valence-corrected chi connectivity index (χ0v) is 12.2. The fourth-order valence-electron chi connectivity index (χ4n) is 1.91. The standard InChI is InChI=1S/C14H17N3O2S/c1-10-6-7-13(9-16-10)17-20(18,19)14-5-3-4-12(8-15)11(14)2/h3-7,9,17H,8,15H2,1-2H3. The molecule has 1 aromatic carbocycles. The molecule has 0 aliphatic carbocycles. The summed E-state index contributed by atoms with van der Waals surface area (Å²) in [6, 6.07) is 8.51. The third kappa shape index (κ3) is 2.97. The lowest BCUT2D eigenvalue weighted by Crippen LogP contribution is -2.15. The Labute approximate surface area is 118 Å². The Hall–Kier alpha value is -1.92. The second kappa shape index (κ2) is 5.60. The summed E-state index contributed by atoms with van der Waals surface area (Å²) in [5.74, 6) is 0. The van der Waals surface area contributed by atoms with E-state index < -0.39 is 10.0 Å². The van der Waals surface area contributed by atoms with E-state index in [1.165, 1.54) is 6.20 Å². The quantitative estimate of drug-likeness (QED) is 0.901. The highest BCUT2D eigenvalue weighted by Gasteiger charge is 2.18. The molecule has 0 fully saturated rings. The number of anilines is 1. The van der Waals surface area contributed by atoms with Crippen LogP contribution in [-0.4, -0.2) is 13.4 Å². The molecule has 0 spiro atoms. The van der Waals surface area contributed by atoms with Crippen molar-refractivity contribution in [1.29, 1.82) is 0 Å². The van der Waals surface area contributed by atoms with Gasteiger partial charge < -0.3 is 5.73 Å². The molecule has 0 aliphatic rings. The first-order chi connectivity index (χ1) is 9.44. The molecule has 0 unspecified atom stereocenters. The predicted molar refractivity (Wildman–Crippen MR) is 78.9 cm³/mol. The average Bonchev–Trinajstić information content (AvgIpc) is 2.41.